The van der Waals surface area contributed by atoms with E-state index in [2.05, 4.69) is 4.98 Å². The highest BCUT2D eigenvalue weighted by Crippen LogP contribution is 2.26. The predicted octanol–water partition coefficient (Wildman–Crippen LogP) is 6.25. The highest BCUT2D eigenvalue weighted by Gasteiger charge is 2.17. The number of esters is 1. The molecule has 0 aliphatic carbocycles. The van der Waals surface area contributed by atoms with E-state index in [0.717, 1.165) is 11.0 Å². The van der Waals surface area contributed by atoms with Gasteiger partial charge in [-0.3, -0.25) is 0 Å². The molecule has 0 N–H and O–H groups in total. The standard InChI is InChI=1S/C25H20F2N2O2/c1-16(2)29-22-6-4-3-5-21(22)28-24(29)15-23(17-7-11-19(26)12-8-17)31-25(30)18-9-13-20(27)14-10-18/h3-16H,1-2H3/b23-15+. The van der Waals surface area contributed by atoms with Crippen molar-refractivity contribution in [1.29, 1.82) is 0 Å². The van der Waals surface area contributed by atoms with Crippen molar-refractivity contribution in [3.8, 4) is 0 Å². The first-order chi connectivity index (χ1) is 14.9. The number of imidazole rings is 1. The van der Waals surface area contributed by atoms with Crippen LogP contribution >= 0.6 is 0 Å². The quantitative estimate of drug-likeness (QED) is 0.284. The summed E-state index contributed by atoms with van der Waals surface area (Å²) in [6, 6.07) is 18.5. The summed E-state index contributed by atoms with van der Waals surface area (Å²) in [4.78, 5) is 17.4. The highest BCUT2D eigenvalue weighted by atomic mass is 19.1. The molecule has 0 unspecified atom stereocenters. The summed E-state index contributed by atoms with van der Waals surface area (Å²) in [6.45, 7) is 4.07. The number of ether oxygens (including phenoxy) is 1. The Balaban J connectivity index is 1.81. The Hall–Kier alpha value is -3.80. The van der Waals surface area contributed by atoms with Crippen LogP contribution in [0.4, 0.5) is 8.78 Å². The zero-order valence-electron chi connectivity index (χ0n) is 17.0. The third-order valence-corrected chi connectivity index (χ3v) is 4.81. The van der Waals surface area contributed by atoms with E-state index in [1.807, 2.05) is 42.7 Å². The minimum atomic E-state index is -0.650. The number of hydrogen-bond acceptors (Lipinski definition) is 3. The fourth-order valence-corrected chi connectivity index (χ4v) is 3.36. The minimum absolute atomic E-state index is 0.0981. The lowest BCUT2D eigenvalue weighted by atomic mass is 10.1. The Kier molecular flexibility index (Phi) is 5.62. The number of carbonyl (C=O) groups excluding carboxylic acids is 1. The summed E-state index contributed by atoms with van der Waals surface area (Å²) >= 11 is 0. The van der Waals surface area contributed by atoms with Crippen LogP contribution in [0.1, 0.15) is 41.6 Å². The Labute approximate surface area is 178 Å². The molecule has 6 heteroatoms. The lowest BCUT2D eigenvalue weighted by Gasteiger charge is -2.13. The topological polar surface area (TPSA) is 44.1 Å². The molecule has 0 saturated heterocycles. The van der Waals surface area contributed by atoms with Crippen LogP contribution in [0.2, 0.25) is 0 Å². The first-order valence-corrected chi connectivity index (χ1v) is 9.85. The number of fused-ring (bicyclic) bond motifs is 1. The van der Waals surface area contributed by atoms with E-state index in [-0.39, 0.29) is 17.4 Å². The summed E-state index contributed by atoms with van der Waals surface area (Å²) in [6.07, 6.45) is 1.66. The van der Waals surface area contributed by atoms with Gasteiger partial charge in [0.2, 0.25) is 0 Å². The Morgan fingerprint density at radius 2 is 1.48 bits per heavy atom. The SMILES string of the molecule is CC(C)n1c(/C=C(/OC(=O)c2ccc(F)cc2)c2ccc(F)cc2)nc2ccccc21. The van der Waals surface area contributed by atoms with Crippen LogP contribution in [-0.2, 0) is 4.74 Å². The molecular formula is C25H20F2N2O2. The lowest BCUT2D eigenvalue weighted by molar-refractivity contribution is 0.0693. The van der Waals surface area contributed by atoms with Gasteiger partial charge in [-0.2, -0.15) is 0 Å². The molecular weight excluding hydrogens is 398 g/mol. The Morgan fingerprint density at radius 3 is 2.10 bits per heavy atom. The van der Waals surface area contributed by atoms with Crippen molar-refractivity contribution >= 4 is 28.8 Å². The second kappa shape index (κ2) is 8.52. The predicted molar refractivity (Wildman–Crippen MR) is 116 cm³/mol. The zero-order valence-corrected chi connectivity index (χ0v) is 17.0. The Morgan fingerprint density at radius 1 is 0.903 bits per heavy atom. The summed E-state index contributed by atoms with van der Waals surface area (Å²) in [5.41, 5.74) is 2.48. The molecule has 4 nitrogen and oxygen atoms in total. The second-order valence-electron chi connectivity index (χ2n) is 7.33. The number of aromatic nitrogens is 2. The van der Waals surface area contributed by atoms with Crippen molar-refractivity contribution in [3.05, 3.63) is 101 Å². The number of hydrogen-bond donors (Lipinski definition) is 0. The molecule has 0 saturated carbocycles. The van der Waals surface area contributed by atoms with Crippen LogP contribution in [0.3, 0.4) is 0 Å². The van der Waals surface area contributed by atoms with E-state index in [1.165, 1.54) is 48.5 Å². The van der Waals surface area contributed by atoms with Gasteiger partial charge in [-0.25, -0.2) is 18.6 Å². The molecule has 0 aliphatic rings. The van der Waals surface area contributed by atoms with Gasteiger partial charge in [0.15, 0.2) is 0 Å². The van der Waals surface area contributed by atoms with E-state index >= 15 is 0 Å². The fourth-order valence-electron chi connectivity index (χ4n) is 3.36. The molecule has 0 fully saturated rings. The van der Waals surface area contributed by atoms with Crippen LogP contribution in [0.5, 0.6) is 0 Å². The van der Waals surface area contributed by atoms with E-state index in [1.54, 1.807) is 6.08 Å². The third kappa shape index (κ3) is 4.38. The molecule has 0 spiro atoms. The average Bonchev–Trinajstić information content (AvgIpc) is 3.12. The molecule has 1 aromatic heterocycles. The van der Waals surface area contributed by atoms with Crippen molar-refractivity contribution in [2.75, 3.05) is 0 Å². The van der Waals surface area contributed by atoms with E-state index in [4.69, 9.17) is 4.74 Å². The monoisotopic (exact) mass is 418 g/mol. The van der Waals surface area contributed by atoms with Crippen molar-refractivity contribution in [3.63, 3.8) is 0 Å². The van der Waals surface area contributed by atoms with Gasteiger partial charge in [-0.1, -0.05) is 12.1 Å². The smallest absolute Gasteiger partial charge is 0.343 e. The summed E-state index contributed by atoms with van der Waals surface area (Å²) in [5, 5.41) is 0. The van der Waals surface area contributed by atoms with E-state index < -0.39 is 17.6 Å². The van der Waals surface area contributed by atoms with Gasteiger partial charge >= 0.3 is 5.97 Å². The third-order valence-electron chi connectivity index (χ3n) is 4.81. The van der Waals surface area contributed by atoms with Crippen molar-refractivity contribution in [2.24, 2.45) is 0 Å². The molecule has 0 bridgehead atoms. The van der Waals surface area contributed by atoms with Gasteiger partial charge in [-0.05, 0) is 74.5 Å². The minimum Gasteiger partial charge on any atom is -0.422 e. The molecule has 3 aromatic carbocycles. The molecule has 31 heavy (non-hydrogen) atoms. The largest absolute Gasteiger partial charge is 0.422 e. The van der Waals surface area contributed by atoms with Gasteiger partial charge in [0, 0.05) is 17.7 Å². The molecule has 0 atom stereocenters. The van der Waals surface area contributed by atoms with Gasteiger partial charge in [-0.15, -0.1) is 0 Å². The van der Waals surface area contributed by atoms with Crippen molar-refractivity contribution in [2.45, 2.75) is 19.9 Å². The first-order valence-electron chi connectivity index (χ1n) is 9.85. The number of nitrogens with zero attached hydrogens (tertiary/aromatic N) is 2. The summed E-state index contributed by atoms with van der Waals surface area (Å²) in [7, 11) is 0. The molecule has 4 rings (SSSR count). The number of rotatable bonds is 5. The van der Waals surface area contributed by atoms with Gasteiger partial charge in [0.25, 0.3) is 0 Å². The lowest BCUT2D eigenvalue weighted by Crippen LogP contribution is -2.07. The number of benzene rings is 3. The number of halogens is 2. The van der Waals surface area contributed by atoms with Crippen LogP contribution in [0.15, 0.2) is 72.8 Å². The maximum absolute atomic E-state index is 13.5. The van der Waals surface area contributed by atoms with Crippen LogP contribution in [0, 0.1) is 11.6 Å². The molecule has 156 valence electrons. The fraction of sp³-hybridized carbons (Fsp3) is 0.120. The molecule has 0 amide bonds. The molecule has 1 heterocycles. The normalized spacial score (nSPS) is 11.8. The maximum Gasteiger partial charge on any atom is 0.343 e. The van der Waals surface area contributed by atoms with Gasteiger partial charge in [0.05, 0.1) is 16.6 Å². The van der Waals surface area contributed by atoms with Crippen LogP contribution < -0.4 is 0 Å². The zero-order chi connectivity index (χ0) is 22.0. The molecule has 4 aromatic rings. The van der Waals surface area contributed by atoms with Crippen LogP contribution in [-0.4, -0.2) is 15.5 Å². The highest BCUT2D eigenvalue weighted by molar-refractivity contribution is 5.95. The second-order valence-corrected chi connectivity index (χ2v) is 7.33. The van der Waals surface area contributed by atoms with E-state index in [0.29, 0.717) is 11.4 Å². The first kappa shape index (κ1) is 20.5. The summed E-state index contributed by atoms with van der Waals surface area (Å²) in [5.74, 6) is -0.685. The van der Waals surface area contributed by atoms with E-state index in [9.17, 15) is 13.6 Å². The number of carbonyl (C=O) groups is 1. The van der Waals surface area contributed by atoms with Gasteiger partial charge < -0.3 is 9.30 Å². The maximum atomic E-state index is 13.5. The molecule has 0 radical (unpaired) electrons. The Bertz CT molecular complexity index is 1260. The van der Waals surface area contributed by atoms with Crippen LogP contribution in [0.25, 0.3) is 22.9 Å². The van der Waals surface area contributed by atoms with Gasteiger partial charge in [0.1, 0.15) is 23.2 Å². The number of para-hydroxylation sites is 2. The summed E-state index contributed by atoms with van der Waals surface area (Å²) < 4.78 is 34.4. The van der Waals surface area contributed by atoms with Crippen molar-refractivity contribution < 1.29 is 18.3 Å². The molecule has 0 aliphatic heterocycles. The average molecular weight is 418 g/mol. The van der Waals surface area contributed by atoms with Crippen molar-refractivity contribution in [1.82, 2.24) is 9.55 Å².